The number of nitrogens with two attached hydrogens (primary N) is 1. The van der Waals surface area contributed by atoms with Gasteiger partial charge in [-0.1, -0.05) is 6.07 Å². The Morgan fingerprint density at radius 1 is 1.19 bits per heavy atom. The van der Waals surface area contributed by atoms with Crippen LogP contribution in [0.4, 0.5) is 5.69 Å². The minimum Gasteiger partial charge on any atom is -0.497 e. The number of hydrogen-bond donors (Lipinski definition) is 2. The van der Waals surface area contributed by atoms with E-state index in [0.717, 1.165) is 16.9 Å². The molecule has 27 heavy (non-hydrogen) atoms. The minimum atomic E-state index is 0. The van der Waals surface area contributed by atoms with E-state index in [-0.39, 0.29) is 29.9 Å². The smallest absolute Gasteiger partial charge is 0.193 e. The van der Waals surface area contributed by atoms with E-state index >= 15 is 0 Å². The first-order chi connectivity index (χ1) is 12.5. The fourth-order valence-electron chi connectivity index (χ4n) is 2.75. The number of fused-ring (bicyclic) bond motifs is 1. The number of methoxy groups -OCH3 is 2. The molecular formula is C19H24IN5O2. The zero-order valence-electron chi connectivity index (χ0n) is 15.8. The van der Waals surface area contributed by atoms with Crippen LogP contribution in [0.3, 0.4) is 0 Å². The first kappa shape index (κ1) is 20.8. The van der Waals surface area contributed by atoms with Crippen LogP contribution in [0.25, 0.3) is 11.0 Å². The van der Waals surface area contributed by atoms with E-state index in [0.29, 0.717) is 23.7 Å². The number of rotatable bonds is 5. The van der Waals surface area contributed by atoms with Gasteiger partial charge in [0.05, 0.1) is 30.9 Å². The van der Waals surface area contributed by atoms with Gasteiger partial charge in [0.15, 0.2) is 5.96 Å². The topological polar surface area (TPSA) is 86.7 Å². The van der Waals surface area contributed by atoms with Gasteiger partial charge in [-0.3, -0.25) is 0 Å². The summed E-state index contributed by atoms with van der Waals surface area (Å²) in [6.45, 7) is 2.42. The van der Waals surface area contributed by atoms with Crippen molar-refractivity contribution >= 4 is 46.7 Å². The standard InChI is InChI=1S/C19H23N5O2.HI/c1-12-5-7-16-14(9-12)22-18(24(16)2)11-21-19(20)23-15-10-13(25-3)6-8-17(15)26-4;/h5-10H,11H2,1-4H3,(H3,20,21,23);1H. The largest absolute Gasteiger partial charge is 0.497 e. The van der Waals surface area contributed by atoms with Crippen LogP contribution < -0.4 is 20.5 Å². The van der Waals surface area contributed by atoms with Gasteiger partial charge in [0.1, 0.15) is 23.9 Å². The maximum Gasteiger partial charge on any atom is 0.193 e. The molecule has 7 nitrogen and oxygen atoms in total. The van der Waals surface area contributed by atoms with Crippen molar-refractivity contribution in [2.75, 3.05) is 19.5 Å². The molecule has 0 unspecified atom stereocenters. The van der Waals surface area contributed by atoms with Crippen LogP contribution in [-0.2, 0) is 13.6 Å². The van der Waals surface area contributed by atoms with Crippen LogP contribution in [0, 0.1) is 6.92 Å². The maximum atomic E-state index is 6.04. The van der Waals surface area contributed by atoms with Gasteiger partial charge in [-0.2, -0.15) is 0 Å². The molecule has 0 radical (unpaired) electrons. The Kier molecular flexibility index (Phi) is 6.89. The third-order valence-corrected chi connectivity index (χ3v) is 4.19. The Labute approximate surface area is 175 Å². The molecule has 3 aromatic rings. The monoisotopic (exact) mass is 481 g/mol. The van der Waals surface area contributed by atoms with Gasteiger partial charge >= 0.3 is 0 Å². The number of ether oxygens (including phenoxy) is 2. The van der Waals surface area contributed by atoms with Crippen molar-refractivity contribution < 1.29 is 9.47 Å². The molecule has 2 aromatic carbocycles. The summed E-state index contributed by atoms with van der Waals surface area (Å²) in [6, 6.07) is 11.6. The third kappa shape index (κ3) is 4.62. The minimum absolute atomic E-state index is 0. The molecule has 0 saturated carbocycles. The number of benzene rings is 2. The van der Waals surface area contributed by atoms with E-state index in [4.69, 9.17) is 15.2 Å². The predicted molar refractivity (Wildman–Crippen MR) is 119 cm³/mol. The second kappa shape index (κ2) is 8.94. The van der Waals surface area contributed by atoms with Crippen molar-refractivity contribution in [2.24, 2.45) is 17.8 Å². The van der Waals surface area contributed by atoms with Crippen LogP contribution >= 0.6 is 24.0 Å². The lowest BCUT2D eigenvalue weighted by Crippen LogP contribution is -2.23. The number of guanidine groups is 1. The molecule has 3 rings (SSSR count). The number of nitrogens with one attached hydrogen (secondary N) is 1. The number of aromatic nitrogens is 2. The van der Waals surface area contributed by atoms with Crippen LogP contribution in [0.15, 0.2) is 41.4 Å². The van der Waals surface area contributed by atoms with Crippen LogP contribution in [-0.4, -0.2) is 29.7 Å². The van der Waals surface area contributed by atoms with Crippen LogP contribution in [0.5, 0.6) is 11.5 Å². The molecule has 144 valence electrons. The zero-order valence-corrected chi connectivity index (χ0v) is 18.1. The van der Waals surface area contributed by atoms with Crippen LogP contribution in [0.2, 0.25) is 0 Å². The third-order valence-electron chi connectivity index (χ3n) is 4.19. The number of imidazole rings is 1. The van der Waals surface area contributed by atoms with Crippen molar-refractivity contribution in [1.29, 1.82) is 0 Å². The van der Waals surface area contributed by atoms with Crippen molar-refractivity contribution in [2.45, 2.75) is 13.5 Å². The molecule has 0 spiro atoms. The quantitative estimate of drug-likeness (QED) is 0.331. The number of aryl methyl sites for hydroxylation is 2. The summed E-state index contributed by atoms with van der Waals surface area (Å²) < 4.78 is 12.6. The van der Waals surface area contributed by atoms with Gasteiger partial charge in [-0.15, -0.1) is 24.0 Å². The van der Waals surface area contributed by atoms with Crippen molar-refractivity contribution in [3.8, 4) is 11.5 Å². The molecule has 8 heteroatoms. The summed E-state index contributed by atoms with van der Waals surface area (Å²) in [7, 11) is 5.18. The molecule has 0 aliphatic heterocycles. The molecule has 0 bridgehead atoms. The Morgan fingerprint density at radius 2 is 1.96 bits per heavy atom. The second-order valence-corrected chi connectivity index (χ2v) is 5.97. The highest BCUT2D eigenvalue weighted by atomic mass is 127. The van der Waals surface area contributed by atoms with Crippen molar-refractivity contribution in [3.63, 3.8) is 0 Å². The normalized spacial score (nSPS) is 11.2. The molecule has 0 aliphatic carbocycles. The molecular weight excluding hydrogens is 457 g/mol. The second-order valence-electron chi connectivity index (χ2n) is 5.97. The van der Waals surface area contributed by atoms with E-state index in [2.05, 4.69) is 40.4 Å². The maximum absolute atomic E-state index is 6.04. The summed E-state index contributed by atoms with van der Waals surface area (Å²) >= 11 is 0. The van der Waals surface area contributed by atoms with E-state index < -0.39 is 0 Å². The lowest BCUT2D eigenvalue weighted by atomic mass is 10.2. The van der Waals surface area contributed by atoms with Gasteiger partial charge < -0.3 is 25.1 Å². The summed E-state index contributed by atoms with van der Waals surface area (Å²) in [6.07, 6.45) is 0. The van der Waals surface area contributed by atoms with Gasteiger partial charge in [-0.25, -0.2) is 9.98 Å². The van der Waals surface area contributed by atoms with E-state index in [1.54, 1.807) is 20.3 Å². The van der Waals surface area contributed by atoms with E-state index in [9.17, 15) is 0 Å². The van der Waals surface area contributed by atoms with Gasteiger partial charge in [0.25, 0.3) is 0 Å². The van der Waals surface area contributed by atoms with Gasteiger partial charge in [0, 0.05) is 13.1 Å². The molecule has 0 aliphatic rings. The molecule has 1 aromatic heterocycles. The molecule has 0 saturated heterocycles. The molecule has 1 heterocycles. The Bertz CT molecular complexity index is 968. The Morgan fingerprint density at radius 3 is 2.67 bits per heavy atom. The summed E-state index contributed by atoms with van der Waals surface area (Å²) in [5, 5.41) is 3.05. The van der Waals surface area contributed by atoms with E-state index in [1.807, 2.05) is 23.7 Å². The molecule has 0 amide bonds. The summed E-state index contributed by atoms with van der Waals surface area (Å²) in [5.41, 5.74) is 9.94. The Hall–Kier alpha value is -2.49. The first-order valence-electron chi connectivity index (χ1n) is 8.22. The molecule has 0 atom stereocenters. The highest BCUT2D eigenvalue weighted by Crippen LogP contribution is 2.28. The fraction of sp³-hybridized carbons (Fsp3) is 0.263. The summed E-state index contributed by atoms with van der Waals surface area (Å²) in [5.74, 6) is 2.47. The molecule has 3 N–H and O–H groups in total. The highest BCUT2D eigenvalue weighted by Gasteiger charge is 2.09. The number of aliphatic imine (C=N–C) groups is 1. The first-order valence-corrected chi connectivity index (χ1v) is 8.22. The lowest BCUT2D eigenvalue weighted by molar-refractivity contribution is 0.405. The SMILES string of the molecule is COc1ccc(OC)c(NC(N)=NCc2nc3cc(C)ccc3n2C)c1.I. The zero-order chi connectivity index (χ0) is 18.7. The fourth-order valence-corrected chi connectivity index (χ4v) is 2.75. The van der Waals surface area contributed by atoms with Crippen molar-refractivity contribution in [1.82, 2.24) is 9.55 Å². The van der Waals surface area contributed by atoms with Gasteiger partial charge in [0.2, 0.25) is 0 Å². The predicted octanol–water partition coefficient (Wildman–Crippen LogP) is 3.44. The van der Waals surface area contributed by atoms with E-state index in [1.165, 1.54) is 5.56 Å². The van der Waals surface area contributed by atoms with Crippen molar-refractivity contribution in [3.05, 3.63) is 47.8 Å². The van der Waals surface area contributed by atoms with Gasteiger partial charge in [-0.05, 0) is 36.8 Å². The average Bonchev–Trinajstić information content (AvgIpc) is 2.95. The number of halogens is 1. The number of anilines is 1. The lowest BCUT2D eigenvalue weighted by Gasteiger charge is -2.12. The highest BCUT2D eigenvalue weighted by molar-refractivity contribution is 14.0. The number of nitrogens with zero attached hydrogens (tertiary/aromatic N) is 3. The Balaban J connectivity index is 0.00000261. The van der Waals surface area contributed by atoms with Crippen LogP contribution in [0.1, 0.15) is 11.4 Å². The average molecular weight is 481 g/mol. The molecule has 0 fully saturated rings. The number of hydrogen-bond acceptors (Lipinski definition) is 4. The summed E-state index contributed by atoms with van der Waals surface area (Å²) in [4.78, 5) is 9.04.